The number of hydrogen-bond donors (Lipinski definition) is 2. The summed E-state index contributed by atoms with van der Waals surface area (Å²) >= 11 is 0. The van der Waals surface area contributed by atoms with Crippen LogP contribution in [-0.2, 0) is 11.3 Å². The van der Waals surface area contributed by atoms with Crippen molar-refractivity contribution >= 4 is 17.3 Å². The zero-order chi connectivity index (χ0) is 23.9. The van der Waals surface area contributed by atoms with Crippen LogP contribution in [0.5, 0.6) is 17.5 Å². The van der Waals surface area contributed by atoms with Gasteiger partial charge in [-0.25, -0.2) is 0 Å². The van der Waals surface area contributed by atoms with Gasteiger partial charge in [0.1, 0.15) is 0 Å². The maximum atomic E-state index is 11.8. The number of tetrazole rings is 1. The first-order valence-electron chi connectivity index (χ1n) is 10.9. The Bertz CT molecular complexity index is 1240. The highest BCUT2D eigenvalue weighted by atomic mass is 16.5. The van der Waals surface area contributed by atoms with Crippen LogP contribution in [0.15, 0.2) is 72.8 Å². The predicted octanol–water partition coefficient (Wildman–Crippen LogP) is 4.67. The Hall–Kier alpha value is -4.40. The lowest BCUT2D eigenvalue weighted by atomic mass is 10.2. The molecule has 0 radical (unpaired) electrons. The van der Waals surface area contributed by atoms with Crippen LogP contribution < -0.4 is 20.1 Å². The Morgan fingerprint density at radius 3 is 2.41 bits per heavy atom. The summed E-state index contributed by atoms with van der Waals surface area (Å²) in [5, 5.41) is 18.0. The molecule has 0 bridgehead atoms. The zero-order valence-electron chi connectivity index (χ0n) is 19.2. The standard InChI is InChI=1S/C25H26N6O3/c1-17(2)24(32)27-20-12-10-19(11-13-20)26-16-18-9-14-22(23(15-18)33-3)34-25-28-29-30-31(25)21-7-5-4-6-8-21/h4-15,17,26H,16H2,1-3H3,(H,27,32). The molecular formula is C25H26N6O3. The van der Waals surface area contributed by atoms with Gasteiger partial charge >= 0.3 is 6.01 Å². The van der Waals surface area contributed by atoms with Crippen LogP contribution in [0.1, 0.15) is 19.4 Å². The van der Waals surface area contributed by atoms with Crippen LogP contribution >= 0.6 is 0 Å². The highest BCUT2D eigenvalue weighted by Gasteiger charge is 2.14. The zero-order valence-corrected chi connectivity index (χ0v) is 19.2. The third kappa shape index (κ3) is 5.50. The molecule has 34 heavy (non-hydrogen) atoms. The molecule has 0 spiro atoms. The van der Waals surface area contributed by atoms with E-state index in [1.807, 2.05) is 86.6 Å². The van der Waals surface area contributed by atoms with Crippen molar-refractivity contribution in [2.45, 2.75) is 20.4 Å². The molecule has 2 N–H and O–H groups in total. The van der Waals surface area contributed by atoms with Crippen molar-refractivity contribution in [1.29, 1.82) is 0 Å². The number of nitrogens with zero attached hydrogens (tertiary/aromatic N) is 4. The number of anilines is 2. The maximum absolute atomic E-state index is 11.8. The third-order valence-corrected chi connectivity index (χ3v) is 5.04. The van der Waals surface area contributed by atoms with Gasteiger partial charge in [0, 0.05) is 23.8 Å². The number of ether oxygens (including phenoxy) is 2. The van der Waals surface area contributed by atoms with Gasteiger partial charge in [-0.05, 0) is 64.5 Å². The summed E-state index contributed by atoms with van der Waals surface area (Å²) < 4.78 is 13.0. The van der Waals surface area contributed by atoms with E-state index in [-0.39, 0.29) is 17.8 Å². The van der Waals surface area contributed by atoms with Crippen molar-refractivity contribution in [3.63, 3.8) is 0 Å². The van der Waals surface area contributed by atoms with Crippen molar-refractivity contribution < 1.29 is 14.3 Å². The van der Waals surface area contributed by atoms with Crippen LogP contribution in [0.3, 0.4) is 0 Å². The highest BCUT2D eigenvalue weighted by Crippen LogP contribution is 2.32. The number of nitrogens with one attached hydrogen (secondary N) is 2. The molecule has 174 valence electrons. The van der Waals surface area contributed by atoms with Crippen molar-refractivity contribution in [2.24, 2.45) is 5.92 Å². The number of para-hydroxylation sites is 1. The van der Waals surface area contributed by atoms with Crippen LogP contribution in [0.4, 0.5) is 11.4 Å². The van der Waals surface area contributed by atoms with E-state index in [0.29, 0.717) is 18.0 Å². The van der Waals surface area contributed by atoms with Gasteiger partial charge in [-0.2, -0.15) is 4.68 Å². The average Bonchev–Trinajstić information content (AvgIpc) is 3.33. The molecular weight excluding hydrogens is 432 g/mol. The number of carbonyl (C=O) groups is 1. The molecule has 3 aromatic carbocycles. The molecule has 4 aromatic rings. The largest absolute Gasteiger partial charge is 0.493 e. The fourth-order valence-corrected chi connectivity index (χ4v) is 3.14. The normalized spacial score (nSPS) is 10.7. The Morgan fingerprint density at radius 2 is 1.71 bits per heavy atom. The van der Waals surface area contributed by atoms with Gasteiger partial charge in [0.25, 0.3) is 0 Å². The number of carbonyl (C=O) groups excluding carboxylic acids is 1. The summed E-state index contributed by atoms with van der Waals surface area (Å²) in [5.74, 6) is 0.996. The number of rotatable bonds is 9. The van der Waals surface area contributed by atoms with Crippen molar-refractivity contribution in [3.8, 4) is 23.2 Å². The number of amides is 1. The first-order chi connectivity index (χ1) is 16.5. The minimum Gasteiger partial charge on any atom is -0.493 e. The Labute approximate surface area is 197 Å². The summed E-state index contributed by atoms with van der Waals surface area (Å²) in [4.78, 5) is 11.8. The summed E-state index contributed by atoms with van der Waals surface area (Å²) in [5.41, 5.74) is 3.50. The minimum atomic E-state index is -0.0642. The van der Waals surface area contributed by atoms with Gasteiger partial charge in [-0.3, -0.25) is 4.79 Å². The van der Waals surface area contributed by atoms with Gasteiger partial charge in [0.2, 0.25) is 5.91 Å². The summed E-state index contributed by atoms with van der Waals surface area (Å²) in [6.07, 6.45) is 0. The van der Waals surface area contributed by atoms with Crippen LogP contribution in [0.25, 0.3) is 5.69 Å². The molecule has 9 nitrogen and oxygen atoms in total. The summed E-state index contributed by atoms with van der Waals surface area (Å²) in [6, 6.07) is 23.0. The Morgan fingerprint density at radius 1 is 0.971 bits per heavy atom. The molecule has 1 amide bonds. The van der Waals surface area contributed by atoms with E-state index in [2.05, 4.69) is 26.2 Å². The van der Waals surface area contributed by atoms with Gasteiger partial charge in [-0.1, -0.05) is 43.2 Å². The average molecular weight is 459 g/mol. The van der Waals surface area contributed by atoms with Crippen LogP contribution in [-0.4, -0.2) is 33.2 Å². The lowest BCUT2D eigenvalue weighted by molar-refractivity contribution is -0.118. The van der Waals surface area contributed by atoms with E-state index < -0.39 is 0 Å². The Balaban J connectivity index is 1.41. The second-order valence-electron chi connectivity index (χ2n) is 7.87. The molecule has 0 aliphatic rings. The first kappa shape index (κ1) is 22.8. The van der Waals surface area contributed by atoms with Crippen LogP contribution in [0, 0.1) is 5.92 Å². The molecule has 0 unspecified atom stereocenters. The molecule has 4 rings (SSSR count). The monoisotopic (exact) mass is 458 g/mol. The molecule has 1 aromatic heterocycles. The van der Waals surface area contributed by atoms with Crippen molar-refractivity contribution in [1.82, 2.24) is 20.2 Å². The molecule has 9 heteroatoms. The third-order valence-electron chi connectivity index (χ3n) is 5.04. The number of methoxy groups -OCH3 is 1. The SMILES string of the molecule is COc1cc(CNc2ccc(NC(=O)C(C)C)cc2)ccc1Oc1nnnn1-c1ccccc1. The molecule has 0 saturated carbocycles. The van der Waals surface area contributed by atoms with Crippen LogP contribution in [0.2, 0.25) is 0 Å². The molecule has 1 heterocycles. The molecule has 0 aliphatic heterocycles. The van der Waals surface area contributed by atoms with Gasteiger partial charge in [0.15, 0.2) is 11.5 Å². The lowest BCUT2D eigenvalue weighted by Gasteiger charge is -2.13. The Kier molecular flexibility index (Phi) is 7.02. The quantitative estimate of drug-likeness (QED) is 0.376. The number of hydrogen-bond acceptors (Lipinski definition) is 7. The van der Waals surface area contributed by atoms with E-state index in [9.17, 15) is 4.79 Å². The van der Waals surface area contributed by atoms with E-state index in [4.69, 9.17) is 9.47 Å². The fraction of sp³-hybridized carbons (Fsp3) is 0.200. The van der Waals surface area contributed by atoms with Crippen molar-refractivity contribution in [3.05, 3.63) is 78.4 Å². The van der Waals surface area contributed by atoms with Gasteiger partial charge in [0.05, 0.1) is 12.8 Å². The predicted molar refractivity (Wildman–Crippen MR) is 129 cm³/mol. The van der Waals surface area contributed by atoms with Gasteiger partial charge in [-0.15, -0.1) is 0 Å². The molecule has 0 saturated heterocycles. The minimum absolute atomic E-state index is 0.00656. The lowest BCUT2D eigenvalue weighted by Crippen LogP contribution is -2.17. The molecule has 0 atom stereocenters. The number of aromatic nitrogens is 4. The van der Waals surface area contributed by atoms with Crippen molar-refractivity contribution in [2.75, 3.05) is 17.7 Å². The second-order valence-corrected chi connectivity index (χ2v) is 7.87. The van der Waals surface area contributed by atoms with E-state index in [0.717, 1.165) is 22.6 Å². The highest BCUT2D eigenvalue weighted by molar-refractivity contribution is 5.92. The maximum Gasteiger partial charge on any atom is 0.346 e. The summed E-state index contributed by atoms with van der Waals surface area (Å²) in [7, 11) is 1.59. The fourth-order valence-electron chi connectivity index (χ4n) is 3.14. The first-order valence-corrected chi connectivity index (χ1v) is 10.9. The smallest absolute Gasteiger partial charge is 0.346 e. The molecule has 0 aliphatic carbocycles. The summed E-state index contributed by atoms with van der Waals surface area (Å²) in [6.45, 7) is 4.30. The van der Waals surface area contributed by atoms with E-state index in [1.54, 1.807) is 7.11 Å². The van der Waals surface area contributed by atoms with E-state index >= 15 is 0 Å². The topological polar surface area (TPSA) is 103 Å². The molecule has 0 fully saturated rings. The van der Waals surface area contributed by atoms with Gasteiger partial charge < -0.3 is 20.1 Å². The number of benzene rings is 3. The second kappa shape index (κ2) is 10.5. The van der Waals surface area contributed by atoms with E-state index in [1.165, 1.54) is 4.68 Å².